The van der Waals surface area contributed by atoms with E-state index in [4.69, 9.17) is 30.0 Å². The molecule has 12 nitrogen and oxygen atoms in total. The summed E-state index contributed by atoms with van der Waals surface area (Å²) in [6.07, 6.45) is 3.26. The summed E-state index contributed by atoms with van der Waals surface area (Å²) in [6, 6.07) is 10.7. The minimum atomic E-state index is -3.83. The van der Waals surface area contributed by atoms with Crippen molar-refractivity contribution in [3.05, 3.63) is 36.4 Å². The van der Waals surface area contributed by atoms with Crippen LogP contribution in [0.3, 0.4) is 0 Å². The molecule has 0 aliphatic rings. The number of anilines is 1. The number of nitrogens with zero attached hydrogens (tertiary/aromatic N) is 2. The Morgan fingerprint density at radius 2 is 1.66 bits per heavy atom. The summed E-state index contributed by atoms with van der Waals surface area (Å²) in [7, 11) is -3.67. The first-order valence-corrected chi connectivity index (χ1v) is 16.9. The highest BCUT2D eigenvalue weighted by atomic mass is 32.2. The smallest absolute Gasteiger partial charge is 0.358 e. The molecule has 5 N–H and O–H groups in total. The molecule has 41 heavy (non-hydrogen) atoms. The third-order valence-corrected chi connectivity index (χ3v) is 9.79. The van der Waals surface area contributed by atoms with Gasteiger partial charge in [-0.3, -0.25) is 9.56 Å². The van der Waals surface area contributed by atoms with Crippen LogP contribution in [-0.2, 0) is 33.1 Å². The first-order valence-electron chi connectivity index (χ1n) is 13.8. The number of aliphatic imine (C=N–C) groups is 1. The van der Waals surface area contributed by atoms with Crippen LogP contribution >= 0.6 is 7.60 Å². The molecular formula is C27H46N5O7PS. The van der Waals surface area contributed by atoms with Crippen molar-refractivity contribution in [2.45, 2.75) is 50.3 Å². The van der Waals surface area contributed by atoms with Gasteiger partial charge in [0.25, 0.3) is 0 Å². The summed E-state index contributed by atoms with van der Waals surface area (Å²) in [5.41, 5.74) is 11.6. The molecule has 0 fully saturated rings. The Labute approximate surface area is 244 Å². The molecule has 2 atom stereocenters. The SMILES string of the molecule is CCOCCOP(=O)(OCCCCCCN=C(N)N)C(C)OCCNS(=O)(=O)c1cccc2c(N(C)C)cccc12. The van der Waals surface area contributed by atoms with E-state index in [2.05, 4.69) is 9.71 Å². The first kappa shape index (κ1) is 34.9. The second kappa shape index (κ2) is 17.6. The quantitative estimate of drug-likeness (QED) is 0.0816. The monoisotopic (exact) mass is 615 g/mol. The molecular weight excluding hydrogens is 569 g/mol. The van der Waals surface area contributed by atoms with Crippen molar-refractivity contribution in [3.63, 3.8) is 0 Å². The zero-order valence-electron chi connectivity index (χ0n) is 24.6. The number of nitrogens with two attached hydrogens (primary N) is 2. The fraction of sp³-hybridized carbons (Fsp3) is 0.593. The maximum atomic E-state index is 13.5. The highest BCUT2D eigenvalue weighted by Gasteiger charge is 2.33. The molecule has 0 heterocycles. The van der Waals surface area contributed by atoms with Crippen LogP contribution in [0.4, 0.5) is 5.69 Å². The van der Waals surface area contributed by atoms with Gasteiger partial charge in [0.15, 0.2) is 11.8 Å². The average molecular weight is 616 g/mol. The number of fused-ring (bicyclic) bond motifs is 1. The van der Waals surface area contributed by atoms with Crippen LogP contribution in [0.1, 0.15) is 39.5 Å². The van der Waals surface area contributed by atoms with Gasteiger partial charge in [-0.1, -0.05) is 37.1 Å². The summed E-state index contributed by atoms with van der Waals surface area (Å²) < 4.78 is 64.8. The molecule has 0 bridgehead atoms. The van der Waals surface area contributed by atoms with Crippen LogP contribution in [0.5, 0.6) is 0 Å². The predicted octanol–water partition coefficient (Wildman–Crippen LogP) is 3.64. The number of benzene rings is 2. The lowest BCUT2D eigenvalue weighted by Crippen LogP contribution is -2.29. The van der Waals surface area contributed by atoms with Crippen LogP contribution in [0.25, 0.3) is 10.8 Å². The van der Waals surface area contributed by atoms with E-state index in [0.29, 0.717) is 25.0 Å². The molecule has 0 radical (unpaired) electrons. The Morgan fingerprint density at radius 3 is 2.37 bits per heavy atom. The molecule has 0 saturated heterocycles. The van der Waals surface area contributed by atoms with Gasteiger partial charge in [0, 0.05) is 50.3 Å². The molecule has 14 heteroatoms. The first-order chi connectivity index (χ1) is 19.5. The van der Waals surface area contributed by atoms with E-state index in [1.807, 2.05) is 44.1 Å². The largest absolute Gasteiger partial charge is 0.379 e. The van der Waals surface area contributed by atoms with Crippen molar-refractivity contribution in [1.82, 2.24) is 4.72 Å². The Hall–Kier alpha value is -2.25. The minimum absolute atomic E-state index is 0.0226. The predicted molar refractivity (Wildman–Crippen MR) is 164 cm³/mol. The minimum Gasteiger partial charge on any atom is -0.379 e. The summed E-state index contributed by atoms with van der Waals surface area (Å²) in [4.78, 5) is 6.06. The van der Waals surface area contributed by atoms with Crippen molar-refractivity contribution in [2.75, 3.05) is 65.1 Å². The van der Waals surface area contributed by atoms with Gasteiger partial charge in [-0.2, -0.15) is 0 Å². The number of unbranched alkanes of at least 4 members (excludes halogenated alkanes) is 3. The van der Waals surface area contributed by atoms with E-state index in [1.54, 1.807) is 25.1 Å². The van der Waals surface area contributed by atoms with Crippen LogP contribution in [0.2, 0.25) is 0 Å². The molecule has 0 spiro atoms. The molecule has 2 aromatic rings. The van der Waals surface area contributed by atoms with Crippen LogP contribution in [0.15, 0.2) is 46.3 Å². The highest BCUT2D eigenvalue weighted by molar-refractivity contribution is 7.89. The molecule has 0 aliphatic carbocycles. The van der Waals surface area contributed by atoms with E-state index in [9.17, 15) is 13.0 Å². The lowest BCUT2D eigenvalue weighted by molar-refractivity contribution is 0.0627. The number of guanidine groups is 1. The van der Waals surface area contributed by atoms with Gasteiger partial charge >= 0.3 is 7.60 Å². The van der Waals surface area contributed by atoms with Crippen LogP contribution in [-0.4, -0.2) is 80.4 Å². The molecule has 2 rings (SSSR count). The fourth-order valence-electron chi connectivity index (χ4n) is 4.05. The van der Waals surface area contributed by atoms with Crippen molar-refractivity contribution < 1.29 is 31.5 Å². The van der Waals surface area contributed by atoms with Crippen LogP contribution < -0.4 is 21.1 Å². The van der Waals surface area contributed by atoms with Crippen molar-refractivity contribution in [3.8, 4) is 0 Å². The molecule has 0 saturated carbocycles. The molecule has 232 valence electrons. The van der Waals surface area contributed by atoms with E-state index in [1.165, 1.54) is 0 Å². The van der Waals surface area contributed by atoms with Crippen LogP contribution in [0, 0.1) is 0 Å². The number of nitrogens with one attached hydrogen (secondary N) is 1. The summed E-state index contributed by atoms with van der Waals surface area (Å²) >= 11 is 0. The molecule has 0 amide bonds. The number of hydrogen-bond acceptors (Lipinski definition) is 9. The summed E-state index contributed by atoms with van der Waals surface area (Å²) in [6.45, 7) is 5.05. The average Bonchev–Trinajstić information content (AvgIpc) is 2.93. The zero-order chi connectivity index (χ0) is 30.3. The van der Waals surface area contributed by atoms with Gasteiger partial charge in [0.2, 0.25) is 10.0 Å². The lowest BCUT2D eigenvalue weighted by atomic mass is 10.1. The van der Waals surface area contributed by atoms with E-state index in [0.717, 1.165) is 30.3 Å². The third-order valence-electron chi connectivity index (χ3n) is 6.15. The van der Waals surface area contributed by atoms with Crippen molar-refractivity contribution in [2.24, 2.45) is 16.5 Å². The maximum absolute atomic E-state index is 13.5. The zero-order valence-corrected chi connectivity index (χ0v) is 26.3. The Morgan fingerprint density at radius 1 is 0.976 bits per heavy atom. The van der Waals surface area contributed by atoms with Crippen molar-refractivity contribution >= 4 is 40.0 Å². The Bertz CT molecular complexity index is 1260. The highest BCUT2D eigenvalue weighted by Crippen LogP contribution is 2.53. The molecule has 2 aromatic carbocycles. The van der Waals surface area contributed by atoms with Gasteiger partial charge < -0.3 is 34.9 Å². The van der Waals surface area contributed by atoms with E-state index < -0.39 is 23.5 Å². The molecule has 0 aromatic heterocycles. The van der Waals surface area contributed by atoms with E-state index in [-0.39, 0.29) is 43.8 Å². The molecule has 0 aliphatic heterocycles. The van der Waals surface area contributed by atoms with Gasteiger partial charge in [-0.05, 0) is 38.8 Å². The second-order valence-electron chi connectivity index (χ2n) is 9.51. The van der Waals surface area contributed by atoms with E-state index >= 15 is 0 Å². The summed E-state index contributed by atoms with van der Waals surface area (Å²) in [5, 5.41) is 1.46. The van der Waals surface area contributed by atoms with Gasteiger partial charge in [-0.25, -0.2) is 13.1 Å². The standard InChI is InChI=1S/C27H46N5O7PS/c1-5-36-20-21-39-40(33,38-18-9-7-6-8-16-30-27(28)29)22(2)37-19-17-31-41(34,35)26-15-11-12-23-24(26)13-10-14-25(23)32(3)4/h10-15,22,31H,5-9,16-21H2,1-4H3,(H4,28,29,30). The maximum Gasteiger partial charge on any atom is 0.358 e. The molecule has 2 unspecified atom stereocenters. The summed E-state index contributed by atoms with van der Waals surface area (Å²) in [5.74, 6) is -0.830. The number of sulfonamides is 1. The lowest BCUT2D eigenvalue weighted by Gasteiger charge is -2.24. The Balaban J connectivity index is 1.93. The Kier molecular flexibility index (Phi) is 15.0. The van der Waals surface area contributed by atoms with Gasteiger partial charge in [0.05, 0.1) is 31.3 Å². The van der Waals surface area contributed by atoms with Gasteiger partial charge in [-0.15, -0.1) is 0 Å². The number of rotatable bonds is 21. The third kappa shape index (κ3) is 11.5. The normalized spacial score (nSPS) is 14.0. The fourth-order valence-corrected chi connectivity index (χ4v) is 6.77. The number of ether oxygens (including phenoxy) is 2. The number of hydrogen-bond donors (Lipinski definition) is 3. The van der Waals surface area contributed by atoms with Gasteiger partial charge in [0.1, 0.15) is 0 Å². The van der Waals surface area contributed by atoms with Crippen molar-refractivity contribution in [1.29, 1.82) is 0 Å². The second-order valence-corrected chi connectivity index (χ2v) is 13.6. The topological polar surface area (TPSA) is 168 Å².